The molecule has 12 nitrogen and oxygen atoms in total. The van der Waals surface area contributed by atoms with Crippen molar-refractivity contribution in [1.82, 2.24) is 15.1 Å². The second-order valence-electron chi connectivity index (χ2n) is 13.2. The number of fused-ring (bicyclic) bond motifs is 1. The normalized spacial score (nSPS) is 13.6. The minimum absolute atomic E-state index is 0.0272. The van der Waals surface area contributed by atoms with E-state index in [2.05, 4.69) is 19.2 Å². The third-order valence-electron chi connectivity index (χ3n) is 9.40. The number of carbonyl (C=O) groups is 2. The summed E-state index contributed by atoms with van der Waals surface area (Å²) in [5.74, 6) is 2.51. The van der Waals surface area contributed by atoms with Gasteiger partial charge in [0.05, 0.1) is 52.5 Å². The van der Waals surface area contributed by atoms with Crippen LogP contribution in [0.3, 0.4) is 0 Å². The summed E-state index contributed by atoms with van der Waals surface area (Å²) in [6, 6.07) is 17.0. The Kier molecular flexibility index (Phi) is 18.6. The van der Waals surface area contributed by atoms with Gasteiger partial charge >= 0.3 is 0 Å². The topological polar surface area (TPSA) is 144 Å². The van der Waals surface area contributed by atoms with Crippen molar-refractivity contribution < 1.29 is 41.5 Å². The fourth-order valence-corrected chi connectivity index (χ4v) is 6.98. The molecule has 54 heavy (non-hydrogen) atoms. The van der Waals surface area contributed by atoms with Crippen molar-refractivity contribution in [1.29, 1.82) is 0 Å². The van der Waals surface area contributed by atoms with Crippen LogP contribution in [-0.2, 0) is 32.5 Å². The van der Waals surface area contributed by atoms with Crippen LogP contribution in [0.25, 0.3) is 0 Å². The lowest BCUT2D eigenvalue weighted by atomic mass is 9.88. The van der Waals surface area contributed by atoms with Gasteiger partial charge < -0.3 is 34.1 Å². The molecule has 0 saturated heterocycles. The number of nitrogens with zero attached hydrogens (tertiary/aromatic N) is 2. The summed E-state index contributed by atoms with van der Waals surface area (Å²) < 4.78 is 51.5. The van der Waals surface area contributed by atoms with E-state index in [1.807, 2.05) is 35.2 Å². The fraction of sp³-hybridized carbons (Fsp3) is 0.512. The Bertz CT molecular complexity index is 1720. The smallest absolute Gasteiger partial charge is 0.294 e. The minimum Gasteiger partial charge on any atom is -0.493 e. The first kappa shape index (κ1) is 44.1. The number of methoxy groups -OCH3 is 4. The number of nitrogens with one attached hydrogen (secondary N) is 1. The number of hydrogen-bond acceptors (Lipinski definition) is 9. The summed E-state index contributed by atoms with van der Waals surface area (Å²) in [5, 5.41) is 3.22. The Morgan fingerprint density at radius 1 is 0.815 bits per heavy atom. The molecule has 0 bridgehead atoms. The van der Waals surface area contributed by atoms with Gasteiger partial charge in [-0.3, -0.25) is 14.1 Å². The fourth-order valence-electron chi connectivity index (χ4n) is 6.48. The van der Waals surface area contributed by atoms with Gasteiger partial charge in [0.1, 0.15) is 0 Å². The van der Waals surface area contributed by atoms with Crippen molar-refractivity contribution in [3.63, 3.8) is 0 Å². The molecule has 1 heterocycles. The average Bonchev–Trinajstić information content (AvgIpc) is 3.18. The standard InChI is InChI=1S/C35H53N3O6.C6H6O3S/c1-7-9-10-11-12-13-18-37(34(39)24-36-17-8-2)25-35(40)38-19-16-27-22-32(43-5)33(44-6)23-28(27)29(38)20-26-14-15-30(41-3)31(21-26)42-4;7-10(8,9)6-4-2-1-3-5-6/h14-15,21-23,29,36H,7-13,16-20,24-25H2,1-6H3;1-5H,(H,7,8,9). The van der Waals surface area contributed by atoms with Crippen molar-refractivity contribution in [3.05, 3.63) is 77.4 Å². The molecule has 0 fully saturated rings. The molecular weight excluding hydrogens is 711 g/mol. The second-order valence-corrected chi connectivity index (χ2v) is 14.6. The number of unbranched alkanes of at least 4 members (excludes halogenated alkanes) is 5. The third kappa shape index (κ3) is 13.2. The van der Waals surface area contributed by atoms with Crippen LogP contribution >= 0.6 is 0 Å². The zero-order valence-electron chi connectivity index (χ0n) is 32.8. The molecule has 0 radical (unpaired) electrons. The molecule has 2 N–H and O–H groups in total. The zero-order chi connectivity index (χ0) is 39.5. The number of ether oxygens (including phenoxy) is 4. The van der Waals surface area contributed by atoms with E-state index in [9.17, 15) is 18.0 Å². The van der Waals surface area contributed by atoms with E-state index in [0.717, 1.165) is 48.9 Å². The highest BCUT2D eigenvalue weighted by Crippen LogP contribution is 2.40. The molecule has 4 rings (SSSR count). The SMILES string of the molecule is CCCCCCCCN(CC(=O)N1CCc2cc(OC)c(OC)cc2C1Cc1ccc(OC)c(OC)c1)C(=O)CNCCC.O=S(=O)(O)c1ccccc1. The molecule has 2 amide bonds. The number of hydrogen-bond donors (Lipinski definition) is 2. The van der Waals surface area contributed by atoms with E-state index < -0.39 is 10.1 Å². The van der Waals surface area contributed by atoms with Gasteiger partial charge in [-0.15, -0.1) is 0 Å². The van der Waals surface area contributed by atoms with Crippen LogP contribution in [0.1, 0.15) is 81.5 Å². The molecule has 1 aliphatic heterocycles. The van der Waals surface area contributed by atoms with E-state index in [0.29, 0.717) is 48.9 Å². The number of rotatable bonds is 20. The molecule has 1 atom stereocenters. The van der Waals surface area contributed by atoms with E-state index in [1.165, 1.54) is 31.4 Å². The Labute approximate surface area is 321 Å². The lowest BCUT2D eigenvalue weighted by Gasteiger charge is -2.39. The van der Waals surface area contributed by atoms with Crippen LogP contribution in [0.2, 0.25) is 0 Å². The predicted octanol–water partition coefficient (Wildman–Crippen LogP) is 6.51. The molecular formula is C41H59N3O9S. The zero-order valence-corrected chi connectivity index (χ0v) is 33.6. The maximum Gasteiger partial charge on any atom is 0.294 e. The largest absolute Gasteiger partial charge is 0.493 e. The summed E-state index contributed by atoms with van der Waals surface area (Å²) in [5.41, 5.74) is 3.16. The second kappa shape index (κ2) is 22.8. The summed E-state index contributed by atoms with van der Waals surface area (Å²) in [6.45, 7) is 6.49. The van der Waals surface area contributed by atoms with Gasteiger partial charge in [-0.05, 0) is 85.3 Å². The third-order valence-corrected chi connectivity index (χ3v) is 10.3. The van der Waals surface area contributed by atoms with E-state index >= 15 is 0 Å². The number of carbonyl (C=O) groups excluding carboxylic acids is 2. The van der Waals surface area contributed by atoms with Crippen molar-refractivity contribution >= 4 is 21.9 Å². The predicted molar refractivity (Wildman–Crippen MR) is 210 cm³/mol. The van der Waals surface area contributed by atoms with Gasteiger partial charge in [0.25, 0.3) is 10.1 Å². The van der Waals surface area contributed by atoms with Crippen molar-refractivity contribution in [2.45, 2.75) is 82.6 Å². The Balaban J connectivity index is 0.000000676. The van der Waals surface area contributed by atoms with E-state index in [1.54, 1.807) is 51.5 Å². The number of benzene rings is 3. The van der Waals surface area contributed by atoms with E-state index in [4.69, 9.17) is 23.5 Å². The average molecular weight is 770 g/mol. The molecule has 0 aromatic heterocycles. The van der Waals surface area contributed by atoms with Gasteiger partial charge in [0.2, 0.25) is 11.8 Å². The molecule has 1 unspecified atom stereocenters. The van der Waals surface area contributed by atoms with Crippen LogP contribution < -0.4 is 24.3 Å². The monoisotopic (exact) mass is 769 g/mol. The molecule has 1 aliphatic rings. The molecule has 298 valence electrons. The number of amides is 2. The van der Waals surface area contributed by atoms with Crippen LogP contribution in [0.4, 0.5) is 0 Å². The lowest BCUT2D eigenvalue weighted by molar-refractivity contribution is -0.142. The van der Waals surface area contributed by atoms with Crippen molar-refractivity contribution in [2.24, 2.45) is 0 Å². The van der Waals surface area contributed by atoms with Gasteiger partial charge in [-0.1, -0.05) is 70.2 Å². The Morgan fingerprint density at radius 2 is 1.44 bits per heavy atom. The molecule has 3 aromatic carbocycles. The van der Waals surface area contributed by atoms with Crippen molar-refractivity contribution in [2.75, 3.05) is 61.2 Å². The van der Waals surface area contributed by atoms with Gasteiger partial charge in [0.15, 0.2) is 23.0 Å². The maximum absolute atomic E-state index is 14.1. The Morgan fingerprint density at radius 3 is 2.06 bits per heavy atom. The lowest BCUT2D eigenvalue weighted by Crippen LogP contribution is -2.49. The quantitative estimate of drug-likeness (QED) is 0.0965. The molecule has 0 saturated carbocycles. The first-order valence-corrected chi connectivity index (χ1v) is 20.2. The Hall–Kier alpha value is -4.33. The molecule has 3 aromatic rings. The molecule has 0 aliphatic carbocycles. The highest BCUT2D eigenvalue weighted by atomic mass is 32.2. The van der Waals surface area contributed by atoms with Gasteiger partial charge in [0, 0.05) is 13.1 Å². The summed E-state index contributed by atoms with van der Waals surface area (Å²) in [7, 11) is 2.49. The van der Waals surface area contributed by atoms with Crippen LogP contribution in [0.5, 0.6) is 23.0 Å². The van der Waals surface area contributed by atoms with E-state index in [-0.39, 0.29) is 35.8 Å². The van der Waals surface area contributed by atoms with Crippen LogP contribution in [-0.4, -0.2) is 95.7 Å². The van der Waals surface area contributed by atoms with Crippen LogP contribution in [0.15, 0.2) is 65.6 Å². The summed E-state index contributed by atoms with van der Waals surface area (Å²) in [6.07, 6.45) is 8.95. The molecule has 13 heteroatoms. The van der Waals surface area contributed by atoms with Gasteiger partial charge in [-0.25, -0.2) is 0 Å². The summed E-state index contributed by atoms with van der Waals surface area (Å²) >= 11 is 0. The van der Waals surface area contributed by atoms with Crippen molar-refractivity contribution in [3.8, 4) is 23.0 Å². The first-order valence-electron chi connectivity index (χ1n) is 18.8. The minimum atomic E-state index is -4.00. The van der Waals surface area contributed by atoms with Crippen LogP contribution in [0, 0.1) is 0 Å². The first-order chi connectivity index (χ1) is 26.0. The maximum atomic E-state index is 14.1. The highest BCUT2D eigenvalue weighted by molar-refractivity contribution is 7.85. The summed E-state index contributed by atoms with van der Waals surface area (Å²) in [4.78, 5) is 31.0. The van der Waals surface area contributed by atoms with Gasteiger partial charge in [-0.2, -0.15) is 8.42 Å². The highest BCUT2D eigenvalue weighted by Gasteiger charge is 2.34. The molecule has 0 spiro atoms.